The van der Waals surface area contributed by atoms with Crippen LogP contribution >= 0.6 is 0 Å². The van der Waals surface area contributed by atoms with Crippen LogP contribution in [0, 0.1) is 6.92 Å². The molecule has 0 amide bonds. The van der Waals surface area contributed by atoms with Crippen LogP contribution in [0.3, 0.4) is 0 Å². The van der Waals surface area contributed by atoms with E-state index in [0.29, 0.717) is 16.1 Å². The highest BCUT2D eigenvalue weighted by atomic mass is 32.2. The summed E-state index contributed by atoms with van der Waals surface area (Å²) >= 11 is 0. The topological polar surface area (TPSA) is 69.4 Å². The molecule has 1 aromatic rings. The number of sulfone groups is 1. The first-order chi connectivity index (χ1) is 8.13. The Balaban J connectivity index is 2.84. The first-order valence-electron chi connectivity index (χ1n) is 5.85. The second kappa shape index (κ2) is 5.28. The van der Waals surface area contributed by atoms with Crippen LogP contribution in [0.1, 0.15) is 26.3 Å². The second-order valence-electron chi connectivity index (χ2n) is 5.25. The lowest BCUT2D eigenvalue weighted by Gasteiger charge is -2.19. The fraction of sp³-hybridized carbons (Fsp3) is 0.538. The van der Waals surface area contributed by atoms with Crippen molar-refractivity contribution in [1.82, 2.24) is 0 Å². The van der Waals surface area contributed by atoms with E-state index >= 15 is 0 Å². The van der Waals surface area contributed by atoms with E-state index in [2.05, 4.69) is 0 Å². The molecular weight excluding hydrogens is 250 g/mol. The Bertz CT molecular complexity index is 516. The maximum Gasteiger partial charge on any atom is 0.180 e. The molecule has 0 unspecified atom stereocenters. The standard InChI is InChI=1S/C13H21NO3S/c1-10-11(14)6-5-7-12(10)18(15,16)9-8-17-13(2,3)4/h5-7H,8-9,14H2,1-4H3. The molecule has 0 aliphatic heterocycles. The number of hydrogen-bond acceptors (Lipinski definition) is 4. The number of ether oxygens (including phenoxy) is 1. The number of rotatable bonds is 4. The largest absolute Gasteiger partial charge is 0.398 e. The van der Waals surface area contributed by atoms with Crippen LogP contribution < -0.4 is 5.73 Å². The minimum Gasteiger partial charge on any atom is -0.398 e. The number of nitrogens with two attached hydrogens (primary N) is 1. The Kier molecular flexibility index (Phi) is 4.40. The summed E-state index contributed by atoms with van der Waals surface area (Å²) in [5.74, 6) is -0.0332. The first-order valence-corrected chi connectivity index (χ1v) is 7.50. The molecule has 4 nitrogen and oxygen atoms in total. The minimum atomic E-state index is -3.34. The van der Waals surface area contributed by atoms with Crippen molar-refractivity contribution in [1.29, 1.82) is 0 Å². The van der Waals surface area contributed by atoms with Gasteiger partial charge < -0.3 is 10.5 Å². The van der Waals surface area contributed by atoms with E-state index in [1.165, 1.54) is 0 Å². The molecule has 5 heteroatoms. The lowest BCUT2D eigenvalue weighted by molar-refractivity contribution is 0.00644. The summed E-state index contributed by atoms with van der Waals surface area (Å²) in [6.45, 7) is 7.58. The minimum absolute atomic E-state index is 0.0332. The van der Waals surface area contributed by atoms with Crippen LogP contribution in [0.2, 0.25) is 0 Å². The highest BCUT2D eigenvalue weighted by Gasteiger charge is 2.19. The van der Waals surface area contributed by atoms with E-state index < -0.39 is 9.84 Å². The zero-order chi connectivity index (χ0) is 14.0. The third-order valence-corrected chi connectivity index (χ3v) is 4.36. The summed E-state index contributed by atoms with van der Waals surface area (Å²) < 4.78 is 29.8. The lowest BCUT2D eigenvalue weighted by Crippen LogP contribution is -2.24. The second-order valence-corrected chi connectivity index (χ2v) is 7.33. The van der Waals surface area contributed by atoms with Crippen LogP contribution in [0.25, 0.3) is 0 Å². The van der Waals surface area contributed by atoms with E-state index in [9.17, 15) is 8.42 Å². The van der Waals surface area contributed by atoms with Crippen LogP contribution in [0.15, 0.2) is 23.1 Å². The molecule has 0 heterocycles. The van der Waals surface area contributed by atoms with E-state index in [4.69, 9.17) is 10.5 Å². The van der Waals surface area contributed by atoms with Crippen molar-refractivity contribution in [3.05, 3.63) is 23.8 Å². The van der Waals surface area contributed by atoms with Crippen molar-refractivity contribution >= 4 is 15.5 Å². The molecule has 0 saturated carbocycles. The third kappa shape index (κ3) is 3.99. The molecule has 0 bridgehead atoms. The quantitative estimate of drug-likeness (QED) is 0.852. The Morgan fingerprint density at radius 1 is 1.28 bits per heavy atom. The molecule has 0 aliphatic rings. The number of hydrogen-bond donors (Lipinski definition) is 1. The normalized spacial score (nSPS) is 12.7. The van der Waals surface area contributed by atoms with E-state index in [-0.39, 0.29) is 18.0 Å². The van der Waals surface area contributed by atoms with E-state index in [0.717, 1.165) is 0 Å². The van der Waals surface area contributed by atoms with Crippen molar-refractivity contribution in [3.63, 3.8) is 0 Å². The van der Waals surface area contributed by atoms with Gasteiger partial charge in [0.05, 0.1) is 22.9 Å². The third-order valence-electron chi connectivity index (χ3n) is 2.55. The summed E-state index contributed by atoms with van der Waals surface area (Å²) in [7, 11) is -3.34. The summed E-state index contributed by atoms with van der Waals surface area (Å²) in [6, 6.07) is 4.93. The number of nitrogen functional groups attached to an aromatic ring is 1. The van der Waals surface area contributed by atoms with Gasteiger partial charge in [-0.3, -0.25) is 0 Å². The fourth-order valence-corrected chi connectivity index (χ4v) is 2.93. The average molecular weight is 271 g/mol. The molecule has 0 aliphatic carbocycles. The zero-order valence-corrected chi connectivity index (χ0v) is 12.2. The molecule has 102 valence electrons. The van der Waals surface area contributed by atoms with Gasteiger partial charge in [0, 0.05) is 5.69 Å². The van der Waals surface area contributed by atoms with Gasteiger partial charge in [0.2, 0.25) is 0 Å². The van der Waals surface area contributed by atoms with Crippen molar-refractivity contribution in [3.8, 4) is 0 Å². The van der Waals surface area contributed by atoms with Crippen molar-refractivity contribution in [2.45, 2.75) is 38.2 Å². The molecule has 0 saturated heterocycles. The van der Waals surface area contributed by atoms with Gasteiger partial charge in [-0.05, 0) is 45.4 Å². The van der Waals surface area contributed by atoms with Crippen LogP contribution in [0.5, 0.6) is 0 Å². The summed E-state index contributed by atoms with van der Waals surface area (Å²) in [5, 5.41) is 0. The molecular formula is C13H21NO3S. The van der Waals surface area contributed by atoms with Gasteiger partial charge in [-0.2, -0.15) is 0 Å². The van der Waals surface area contributed by atoms with E-state index in [1.807, 2.05) is 20.8 Å². The molecule has 0 spiro atoms. The van der Waals surface area contributed by atoms with Gasteiger partial charge in [0.25, 0.3) is 0 Å². The smallest absolute Gasteiger partial charge is 0.180 e. The Morgan fingerprint density at radius 3 is 2.44 bits per heavy atom. The van der Waals surface area contributed by atoms with Crippen LogP contribution in [-0.2, 0) is 14.6 Å². The summed E-state index contributed by atoms with van der Waals surface area (Å²) in [6.07, 6.45) is 0. The van der Waals surface area contributed by atoms with E-state index in [1.54, 1.807) is 25.1 Å². The van der Waals surface area contributed by atoms with Gasteiger partial charge >= 0.3 is 0 Å². The molecule has 0 atom stereocenters. The Hall–Kier alpha value is -1.07. The number of benzene rings is 1. The van der Waals surface area contributed by atoms with Crippen molar-refractivity contribution in [2.24, 2.45) is 0 Å². The molecule has 18 heavy (non-hydrogen) atoms. The fourth-order valence-electron chi connectivity index (χ4n) is 1.54. The van der Waals surface area contributed by atoms with Gasteiger partial charge in [-0.1, -0.05) is 6.07 Å². The highest BCUT2D eigenvalue weighted by Crippen LogP contribution is 2.21. The summed E-state index contributed by atoms with van der Waals surface area (Å²) in [4.78, 5) is 0.292. The monoisotopic (exact) mass is 271 g/mol. The molecule has 2 N–H and O–H groups in total. The molecule has 0 aromatic heterocycles. The predicted octanol–water partition coefficient (Wildman–Crippen LogP) is 2.17. The maximum atomic E-state index is 12.2. The van der Waals surface area contributed by atoms with Gasteiger partial charge in [-0.15, -0.1) is 0 Å². The van der Waals surface area contributed by atoms with Crippen molar-refractivity contribution < 1.29 is 13.2 Å². The van der Waals surface area contributed by atoms with Crippen molar-refractivity contribution in [2.75, 3.05) is 18.1 Å². The van der Waals surface area contributed by atoms with Gasteiger partial charge in [0.15, 0.2) is 9.84 Å². The highest BCUT2D eigenvalue weighted by molar-refractivity contribution is 7.91. The first kappa shape index (κ1) is 15.0. The van der Waals surface area contributed by atoms with Gasteiger partial charge in [-0.25, -0.2) is 8.42 Å². The SMILES string of the molecule is Cc1c(N)cccc1S(=O)(=O)CCOC(C)(C)C. The molecule has 1 rings (SSSR count). The summed E-state index contributed by atoms with van der Waals surface area (Å²) in [5.41, 5.74) is 6.48. The average Bonchev–Trinajstić information content (AvgIpc) is 2.19. The number of anilines is 1. The van der Waals surface area contributed by atoms with Crippen LogP contribution in [-0.4, -0.2) is 26.4 Å². The Labute approximate surface area is 109 Å². The van der Waals surface area contributed by atoms with Crippen LogP contribution in [0.4, 0.5) is 5.69 Å². The predicted molar refractivity (Wildman–Crippen MR) is 73.3 cm³/mol. The Morgan fingerprint density at radius 2 is 1.89 bits per heavy atom. The molecule has 1 aromatic carbocycles. The van der Waals surface area contributed by atoms with Gasteiger partial charge in [0.1, 0.15) is 0 Å². The lowest BCUT2D eigenvalue weighted by atomic mass is 10.2. The molecule has 0 radical (unpaired) electrons. The zero-order valence-electron chi connectivity index (χ0n) is 11.4. The maximum absolute atomic E-state index is 12.2. The molecule has 0 fully saturated rings.